The molecule has 1 N–H and O–H groups in total. The highest BCUT2D eigenvalue weighted by Gasteiger charge is 2.24. The van der Waals surface area contributed by atoms with Gasteiger partial charge in [0, 0.05) is 29.7 Å². The summed E-state index contributed by atoms with van der Waals surface area (Å²) in [4.78, 5) is 27.1. The molecule has 1 aliphatic rings. The van der Waals surface area contributed by atoms with Crippen LogP contribution < -0.4 is 19.7 Å². The van der Waals surface area contributed by atoms with Gasteiger partial charge in [0.05, 0.1) is 25.0 Å². The summed E-state index contributed by atoms with van der Waals surface area (Å²) in [6, 6.07) is 18.8. The van der Waals surface area contributed by atoms with Gasteiger partial charge in [-0.25, -0.2) is 0 Å². The first-order valence-corrected chi connectivity index (χ1v) is 10.5. The van der Waals surface area contributed by atoms with Crippen LogP contribution in [0, 0.1) is 0 Å². The summed E-state index contributed by atoms with van der Waals surface area (Å²) >= 11 is 0. The quantitative estimate of drug-likeness (QED) is 0.495. The van der Waals surface area contributed by atoms with Crippen LogP contribution in [0.2, 0.25) is 0 Å². The highest BCUT2D eigenvalue weighted by molar-refractivity contribution is 6.08. The number of carbonyl (C=O) groups excluding carboxylic acids is 2. The summed E-state index contributed by atoms with van der Waals surface area (Å²) in [5.41, 5.74) is 2.67. The predicted octanol–water partition coefficient (Wildman–Crippen LogP) is 4.74. The molecule has 7 nitrogen and oxygen atoms in total. The van der Waals surface area contributed by atoms with E-state index >= 15 is 0 Å². The molecular weight excluding hydrogens is 408 g/mol. The molecule has 4 aromatic rings. The minimum Gasteiger partial charge on any atom is -0.495 e. The Morgan fingerprint density at radius 2 is 1.81 bits per heavy atom. The molecule has 0 bridgehead atoms. The molecule has 1 aliphatic heterocycles. The molecule has 5 rings (SSSR count). The smallest absolute Gasteiger partial charge is 0.227 e. The Morgan fingerprint density at radius 1 is 1.00 bits per heavy atom. The lowest BCUT2D eigenvalue weighted by Crippen LogP contribution is -2.38. The largest absolute Gasteiger partial charge is 0.495 e. The second-order valence-electron chi connectivity index (χ2n) is 7.56. The molecule has 0 saturated carbocycles. The standard InChI is InChI=1S/C25H22N2O5/c1-30-23-14-17-16-6-2-4-8-20(16)32-22(17)15-18(23)26-24(28)10-11-25(29)27-12-13-31-21-9-5-3-7-19(21)27/h2-9,14-15H,10-13H2,1H3,(H,26,28). The number of furan rings is 1. The minimum absolute atomic E-state index is 0.0552. The fourth-order valence-corrected chi connectivity index (χ4v) is 4.01. The van der Waals surface area contributed by atoms with Gasteiger partial charge in [0.2, 0.25) is 11.8 Å². The number of nitrogens with one attached hydrogen (secondary N) is 1. The summed E-state index contributed by atoms with van der Waals surface area (Å²) in [6.07, 6.45) is 0.148. The zero-order valence-electron chi connectivity index (χ0n) is 17.6. The van der Waals surface area contributed by atoms with Crippen LogP contribution in [0.1, 0.15) is 12.8 Å². The second-order valence-corrected chi connectivity index (χ2v) is 7.56. The SMILES string of the molecule is COc1cc2c(cc1NC(=O)CCC(=O)N1CCOc3ccccc31)oc1ccccc12. The number of hydrogen-bond acceptors (Lipinski definition) is 5. The number of benzene rings is 3. The van der Waals surface area contributed by atoms with E-state index in [4.69, 9.17) is 13.9 Å². The van der Waals surface area contributed by atoms with Crippen molar-refractivity contribution in [2.24, 2.45) is 0 Å². The van der Waals surface area contributed by atoms with Gasteiger partial charge in [0.15, 0.2) is 0 Å². The van der Waals surface area contributed by atoms with E-state index in [1.54, 1.807) is 18.1 Å². The first-order chi connectivity index (χ1) is 15.6. The van der Waals surface area contributed by atoms with Gasteiger partial charge in [0.1, 0.15) is 29.3 Å². The third-order valence-electron chi connectivity index (χ3n) is 5.57. The van der Waals surface area contributed by atoms with Crippen LogP contribution in [0.3, 0.4) is 0 Å². The van der Waals surface area contributed by atoms with Gasteiger partial charge in [-0.1, -0.05) is 30.3 Å². The van der Waals surface area contributed by atoms with E-state index in [9.17, 15) is 9.59 Å². The van der Waals surface area contributed by atoms with Gasteiger partial charge in [-0.2, -0.15) is 0 Å². The third kappa shape index (κ3) is 3.62. The number of nitrogens with zero attached hydrogens (tertiary/aromatic N) is 1. The van der Waals surface area contributed by atoms with E-state index in [0.29, 0.717) is 35.9 Å². The zero-order valence-corrected chi connectivity index (χ0v) is 17.6. The summed E-state index contributed by atoms with van der Waals surface area (Å²) in [5, 5.41) is 4.75. The summed E-state index contributed by atoms with van der Waals surface area (Å²) < 4.78 is 17.0. The molecule has 7 heteroatoms. The normalized spacial score (nSPS) is 13.0. The van der Waals surface area contributed by atoms with Crippen molar-refractivity contribution in [1.82, 2.24) is 0 Å². The van der Waals surface area contributed by atoms with E-state index in [1.807, 2.05) is 54.6 Å². The van der Waals surface area contributed by atoms with Crippen LogP contribution in [0.15, 0.2) is 65.1 Å². The maximum Gasteiger partial charge on any atom is 0.227 e. The number of carbonyl (C=O) groups is 2. The lowest BCUT2D eigenvalue weighted by atomic mass is 10.1. The van der Waals surface area contributed by atoms with Crippen LogP contribution in [0.4, 0.5) is 11.4 Å². The number of anilines is 2. The molecule has 0 aliphatic carbocycles. The summed E-state index contributed by atoms with van der Waals surface area (Å²) in [5.74, 6) is 0.829. The molecule has 32 heavy (non-hydrogen) atoms. The molecule has 0 saturated heterocycles. The Hall–Kier alpha value is -4.00. The molecule has 0 spiro atoms. The maximum absolute atomic E-state index is 12.8. The Morgan fingerprint density at radius 3 is 2.69 bits per heavy atom. The zero-order chi connectivity index (χ0) is 22.1. The molecule has 3 aromatic carbocycles. The second kappa shape index (κ2) is 8.26. The van der Waals surface area contributed by atoms with Gasteiger partial charge in [0.25, 0.3) is 0 Å². The fourth-order valence-electron chi connectivity index (χ4n) is 4.01. The molecule has 0 fully saturated rings. The topological polar surface area (TPSA) is 81.0 Å². The lowest BCUT2D eigenvalue weighted by Gasteiger charge is -2.29. The summed E-state index contributed by atoms with van der Waals surface area (Å²) in [7, 11) is 1.55. The van der Waals surface area contributed by atoms with Crippen molar-refractivity contribution in [2.75, 3.05) is 30.5 Å². The molecular formula is C25H22N2O5. The van der Waals surface area contributed by atoms with Gasteiger partial charge in [-0.3, -0.25) is 9.59 Å². The van der Waals surface area contributed by atoms with Crippen molar-refractivity contribution in [3.05, 3.63) is 60.7 Å². The highest BCUT2D eigenvalue weighted by Crippen LogP contribution is 2.36. The predicted molar refractivity (Wildman–Crippen MR) is 122 cm³/mol. The van der Waals surface area contributed by atoms with Crippen LogP contribution in [-0.2, 0) is 9.59 Å². The van der Waals surface area contributed by atoms with Crippen LogP contribution in [0.5, 0.6) is 11.5 Å². The van der Waals surface area contributed by atoms with Crippen molar-refractivity contribution in [3.63, 3.8) is 0 Å². The number of fused-ring (bicyclic) bond motifs is 4. The van der Waals surface area contributed by atoms with Gasteiger partial charge >= 0.3 is 0 Å². The Labute approximate surface area is 184 Å². The fraction of sp³-hybridized carbons (Fsp3) is 0.200. The first kappa shape index (κ1) is 19.9. The van der Waals surface area contributed by atoms with E-state index in [1.165, 1.54) is 0 Å². The monoisotopic (exact) mass is 430 g/mol. The molecule has 2 amide bonds. The van der Waals surface area contributed by atoms with Gasteiger partial charge in [-0.05, 0) is 24.3 Å². The first-order valence-electron chi connectivity index (χ1n) is 10.5. The molecule has 1 aromatic heterocycles. The molecule has 0 unspecified atom stereocenters. The maximum atomic E-state index is 12.8. The van der Waals surface area contributed by atoms with Crippen LogP contribution in [-0.4, -0.2) is 32.1 Å². The van der Waals surface area contributed by atoms with E-state index in [0.717, 1.165) is 22.0 Å². The van der Waals surface area contributed by atoms with E-state index < -0.39 is 0 Å². The molecule has 2 heterocycles. The lowest BCUT2D eigenvalue weighted by molar-refractivity contribution is -0.122. The third-order valence-corrected chi connectivity index (χ3v) is 5.57. The van der Waals surface area contributed by atoms with Gasteiger partial charge in [-0.15, -0.1) is 0 Å². The Bertz CT molecular complexity index is 1330. The van der Waals surface area contributed by atoms with Crippen molar-refractivity contribution in [2.45, 2.75) is 12.8 Å². The number of para-hydroxylation sites is 3. The number of ether oxygens (including phenoxy) is 2. The molecule has 0 radical (unpaired) electrons. The molecule has 162 valence electrons. The number of hydrogen-bond donors (Lipinski definition) is 1. The van der Waals surface area contributed by atoms with Crippen molar-refractivity contribution >= 4 is 45.1 Å². The van der Waals surface area contributed by atoms with Crippen LogP contribution in [0.25, 0.3) is 21.9 Å². The molecule has 0 atom stereocenters. The van der Waals surface area contributed by atoms with Gasteiger partial charge < -0.3 is 24.1 Å². The van der Waals surface area contributed by atoms with E-state index in [-0.39, 0.29) is 24.7 Å². The van der Waals surface area contributed by atoms with Crippen molar-refractivity contribution in [1.29, 1.82) is 0 Å². The average molecular weight is 430 g/mol. The number of rotatable bonds is 5. The minimum atomic E-state index is -0.270. The Balaban J connectivity index is 1.30. The van der Waals surface area contributed by atoms with Crippen molar-refractivity contribution in [3.8, 4) is 11.5 Å². The van der Waals surface area contributed by atoms with E-state index in [2.05, 4.69) is 5.32 Å². The Kier molecular flexibility index (Phi) is 5.15. The highest BCUT2D eigenvalue weighted by atomic mass is 16.5. The van der Waals surface area contributed by atoms with Crippen molar-refractivity contribution < 1.29 is 23.5 Å². The number of methoxy groups -OCH3 is 1. The average Bonchev–Trinajstić information content (AvgIpc) is 3.19. The van der Waals surface area contributed by atoms with Crippen LogP contribution >= 0.6 is 0 Å². The number of amides is 2. The summed E-state index contributed by atoms with van der Waals surface area (Å²) in [6.45, 7) is 0.900.